The van der Waals surface area contributed by atoms with Crippen molar-refractivity contribution in [3.8, 4) is 6.07 Å². The van der Waals surface area contributed by atoms with E-state index in [2.05, 4.69) is 24.9 Å². The summed E-state index contributed by atoms with van der Waals surface area (Å²) < 4.78 is 0. The van der Waals surface area contributed by atoms with Crippen LogP contribution in [0.4, 0.5) is 0 Å². The van der Waals surface area contributed by atoms with Gasteiger partial charge in [-0.25, -0.2) is 0 Å². The first-order valence-electron chi connectivity index (χ1n) is 5.61. The fourth-order valence-corrected chi connectivity index (χ4v) is 1.39. The summed E-state index contributed by atoms with van der Waals surface area (Å²) in [6, 6.07) is 2.34. The van der Waals surface area contributed by atoms with Crippen LogP contribution in [0.3, 0.4) is 0 Å². The summed E-state index contributed by atoms with van der Waals surface area (Å²) in [4.78, 5) is 2.36. The van der Waals surface area contributed by atoms with Gasteiger partial charge in [-0.2, -0.15) is 5.26 Å². The molecule has 0 heterocycles. The highest BCUT2D eigenvalue weighted by molar-refractivity contribution is 4.91. The third-order valence-electron chi connectivity index (χ3n) is 2.54. The molecule has 0 N–H and O–H groups in total. The quantitative estimate of drug-likeness (QED) is 0.626. The lowest BCUT2D eigenvalue weighted by Gasteiger charge is -2.19. The second-order valence-corrected chi connectivity index (χ2v) is 4.76. The summed E-state index contributed by atoms with van der Waals surface area (Å²) >= 11 is 0. The lowest BCUT2D eigenvalue weighted by atomic mass is 9.90. The first-order chi connectivity index (χ1) is 6.52. The molecule has 0 rings (SSSR count). The molecule has 0 aromatic carbocycles. The minimum atomic E-state index is -0.147. The first kappa shape index (κ1) is 13.4. The standard InChI is InChI=1S/C12H24N2/c1-5-6-9-14(4)10-7-8-12(2,3)11-13/h5-10H2,1-4H3. The van der Waals surface area contributed by atoms with Crippen LogP contribution in [0.25, 0.3) is 0 Å². The minimum Gasteiger partial charge on any atom is -0.306 e. The molecule has 0 unspecified atom stereocenters. The number of hydrogen-bond acceptors (Lipinski definition) is 2. The van der Waals surface area contributed by atoms with Crippen molar-refractivity contribution in [3.05, 3.63) is 0 Å². The van der Waals surface area contributed by atoms with Crippen molar-refractivity contribution in [2.75, 3.05) is 20.1 Å². The van der Waals surface area contributed by atoms with Gasteiger partial charge in [0.05, 0.1) is 11.5 Å². The van der Waals surface area contributed by atoms with Gasteiger partial charge in [-0.3, -0.25) is 0 Å². The van der Waals surface area contributed by atoms with E-state index in [4.69, 9.17) is 5.26 Å². The van der Waals surface area contributed by atoms with Gasteiger partial charge < -0.3 is 4.90 Å². The van der Waals surface area contributed by atoms with Gasteiger partial charge in [-0.05, 0) is 53.2 Å². The summed E-state index contributed by atoms with van der Waals surface area (Å²) in [5.74, 6) is 0. The van der Waals surface area contributed by atoms with Gasteiger partial charge in [-0.15, -0.1) is 0 Å². The van der Waals surface area contributed by atoms with Crippen LogP contribution < -0.4 is 0 Å². The van der Waals surface area contributed by atoms with Crippen LogP contribution in [0.1, 0.15) is 46.5 Å². The van der Waals surface area contributed by atoms with Crippen LogP contribution in [-0.4, -0.2) is 25.0 Å². The molecule has 0 aliphatic heterocycles. The predicted octanol–water partition coefficient (Wildman–Crippen LogP) is 3.05. The maximum Gasteiger partial charge on any atom is 0.0683 e. The third kappa shape index (κ3) is 6.91. The normalized spacial score (nSPS) is 11.7. The zero-order valence-corrected chi connectivity index (χ0v) is 10.1. The van der Waals surface area contributed by atoms with Crippen molar-refractivity contribution in [2.24, 2.45) is 5.41 Å². The zero-order valence-electron chi connectivity index (χ0n) is 10.1. The average molecular weight is 196 g/mol. The van der Waals surface area contributed by atoms with Gasteiger partial charge in [0, 0.05) is 0 Å². The fourth-order valence-electron chi connectivity index (χ4n) is 1.39. The molecule has 2 heteroatoms. The van der Waals surface area contributed by atoms with Gasteiger partial charge in [0.25, 0.3) is 0 Å². The Morgan fingerprint density at radius 2 is 1.79 bits per heavy atom. The molecule has 0 amide bonds. The van der Waals surface area contributed by atoms with Crippen LogP contribution in [0, 0.1) is 16.7 Å². The summed E-state index contributed by atoms with van der Waals surface area (Å²) in [7, 11) is 2.16. The number of nitrogens with zero attached hydrogens (tertiary/aromatic N) is 2. The van der Waals surface area contributed by atoms with Crippen molar-refractivity contribution in [3.63, 3.8) is 0 Å². The molecular formula is C12H24N2. The van der Waals surface area contributed by atoms with E-state index in [0.29, 0.717) is 0 Å². The molecule has 0 fully saturated rings. The largest absolute Gasteiger partial charge is 0.306 e. The summed E-state index contributed by atoms with van der Waals surface area (Å²) in [6.45, 7) is 8.54. The van der Waals surface area contributed by atoms with E-state index in [1.54, 1.807) is 0 Å². The molecule has 14 heavy (non-hydrogen) atoms. The Kier molecular flexibility index (Phi) is 6.57. The molecule has 82 valence electrons. The van der Waals surface area contributed by atoms with E-state index < -0.39 is 0 Å². The molecule has 0 saturated heterocycles. The predicted molar refractivity (Wildman–Crippen MR) is 61.0 cm³/mol. The van der Waals surface area contributed by atoms with Crippen molar-refractivity contribution in [1.29, 1.82) is 5.26 Å². The molecule has 0 bridgehead atoms. The van der Waals surface area contributed by atoms with Crippen LogP contribution >= 0.6 is 0 Å². The van der Waals surface area contributed by atoms with E-state index in [1.807, 2.05) is 13.8 Å². The highest BCUT2D eigenvalue weighted by Gasteiger charge is 2.15. The second-order valence-electron chi connectivity index (χ2n) is 4.76. The highest BCUT2D eigenvalue weighted by Crippen LogP contribution is 2.20. The van der Waals surface area contributed by atoms with Crippen molar-refractivity contribution < 1.29 is 0 Å². The van der Waals surface area contributed by atoms with Crippen LogP contribution in [0.5, 0.6) is 0 Å². The Balaban J connectivity index is 3.50. The molecule has 0 aliphatic carbocycles. The monoisotopic (exact) mass is 196 g/mol. The fraction of sp³-hybridized carbons (Fsp3) is 0.917. The molecule has 0 atom stereocenters. The first-order valence-corrected chi connectivity index (χ1v) is 5.61. The zero-order chi connectivity index (χ0) is 11.0. The van der Waals surface area contributed by atoms with Gasteiger partial charge >= 0.3 is 0 Å². The van der Waals surface area contributed by atoms with Crippen molar-refractivity contribution in [2.45, 2.75) is 46.5 Å². The molecular weight excluding hydrogens is 172 g/mol. The molecule has 0 aliphatic rings. The van der Waals surface area contributed by atoms with E-state index in [9.17, 15) is 0 Å². The number of nitriles is 1. The number of hydrogen-bond donors (Lipinski definition) is 0. The summed E-state index contributed by atoms with van der Waals surface area (Å²) in [5, 5.41) is 8.84. The molecule has 2 nitrogen and oxygen atoms in total. The SMILES string of the molecule is CCCCN(C)CCCC(C)(C)C#N. The van der Waals surface area contributed by atoms with Crippen LogP contribution in [-0.2, 0) is 0 Å². The van der Waals surface area contributed by atoms with E-state index in [-0.39, 0.29) is 5.41 Å². The van der Waals surface area contributed by atoms with Gasteiger partial charge in [-0.1, -0.05) is 13.3 Å². The number of rotatable bonds is 7. The second kappa shape index (κ2) is 6.84. The Bertz CT molecular complexity index is 179. The van der Waals surface area contributed by atoms with Gasteiger partial charge in [0.2, 0.25) is 0 Å². The van der Waals surface area contributed by atoms with Crippen LogP contribution in [0.15, 0.2) is 0 Å². The van der Waals surface area contributed by atoms with E-state index in [1.165, 1.54) is 19.4 Å². The van der Waals surface area contributed by atoms with Crippen molar-refractivity contribution >= 4 is 0 Å². The topological polar surface area (TPSA) is 27.0 Å². The summed E-state index contributed by atoms with van der Waals surface area (Å²) in [6.07, 6.45) is 4.66. The lowest BCUT2D eigenvalue weighted by molar-refractivity contribution is 0.300. The molecule has 0 saturated carbocycles. The molecule has 0 spiro atoms. The Hall–Kier alpha value is -0.550. The maximum atomic E-state index is 8.84. The highest BCUT2D eigenvalue weighted by atomic mass is 15.1. The Labute approximate surface area is 88.9 Å². The van der Waals surface area contributed by atoms with Gasteiger partial charge in [0.15, 0.2) is 0 Å². The van der Waals surface area contributed by atoms with Gasteiger partial charge in [0.1, 0.15) is 0 Å². The Morgan fingerprint density at radius 1 is 1.21 bits per heavy atom. The van der Waals surface area contributed by atoms with Crippen molar-refractivity contribution in [1.82, 2.24) is 4.90 Å². The average Bonchev–Trinajstić information content (AvgIpc) is 2.14. The third-order valence-corrected chi connectivity index (χ3v) is 2.54. The lowest BCUT2D eigenvalue weighted by Crippen LogP contribution is -2.22. The van der Waals surface area contributed by atoms with Crippen LogP contribution in [0.2, 0.25) is 0 Å². The smallest absolute Gasteiger partial charge is 0.0683 e. The summed E-state index contributed by atoms with van der Waals surface area (Å²) in [5.41, 5.74) is -0.147. The minimum absolute atomic E-state index is 0.147. The molecule has 0 aromatic rings. The molecule has 0 radical (unpaired) electrons. The number of unbranched alkanes of at least 4 members (excludes halogenated alkanes) is 1. The van der Waals surface area contributed by atoms with E-state index in [0.717, 1.165) is 19.4 Å². The molecule has 0 aromatic heterocycles. The maximum absolute atomic E-state index is 8.84. The Morgan fingerprint density at radius 3 is 2.29 bits per heavy atom. The van der Waals surface area contributed by atoms with E-state index >= 15 is 0 Å².